The molecule has 1 amide bonds. The van der Waals surface area contributed by atoms with E-state index in [2.05, 4.69) is 10.4 Å². The van der Waals surface area contributed by atoms with Gasteiger partial charge in [-0.25, -0.2) is 9.07 Å². The quantitative estimate of drug-likeness (QED) is 0.390. The van der Waals surface area contributed by atoms with Crippen LogP contribution < -0.4 is 10.1 Å². The monoisotopic (exact) mass is 372 g/mol. The lowest BCUT2D eigenvalue weighted by atomic mass is 10.3. The molecule has 0 aliphatic rings. The molecule has 138 valence electrons. The molecule has 0 saturated heterocycles. The number of nitro groups is 1. The number of hydrogen-bond donors (Lipinski definition) is 2. The number of para-hydroxylation sites is 2. The zero-order valence-electron chi connectivity index (χ0n) is 13.7. The van der Waals surface area contributed by atoms with Gasteiger partial charge in [-0.1, -0.05) is 12.1 Å². The number of nitro benzene ring substituents is 1. The number of ether oxygens (including phenoxy) is 1. The molecule has 0 fully saturated rings. The topological polar surface area (TPSA) is 120 Å². The van der Waals surface area contributed by atoms with E-state index in [1.165, 1.54) is 29.1 Å². The Labute approximate surface area is 151 Å². The van der Waals surface area contributed by atoms with Gasteiger partial charge in [0.15, 0.2) is 12.4 Å². The van der Waals surface area contributed by atoms with Crippen molar-refractivity contribution >= 4 is 17.3 Å². The lowest BCUT2D eigenvalue weighted by Crippen LogP contribution is -2.14. The summed E-state index contributed by atoms with van der Waals surface area (Å²) >= 11 is 0. The number of nitrogens with zero attached hydrogens (tertiary/aromatic N) is 3. The summed E-state index contributed by atoms with van der Waals surface area (Å²) in [6.45, 7) is -0.270. The minimum Gasteiger partial charge on any atom is -0.506 e. The maximum Gasteiger partial charge on any atom is 0.311 e. The first-order valence-corrected chi connectivity index (χ1v) is 7.63. The molecule has 0 saturated carbocycles. The predicted octanol–water partition coefficient (Wildman–Crippen LogP) is 2.92. The molecular formula is C17H13FN4O5. The maximum absolute atomic E-state index is 13.3. The van der Waals surface area contributed by atoms with Crippen LogP contribution in [0.2, 0.25) is 0 Å². The van der Waals surface area contributed by atoms with E-state index in [0.717, 1.165) is 18.2 Å². The highest BCUT2D eigenvalue weighted by Gasteiger charge is 2.17. The van der Waals surface area contributed by atoms with Crippen molar-refractivity contribution in [2.75, 3.05) is 5.32 Å². The van der Waals surface area contributed by atoms with Gasteiger partial charge in [-0.05, 0) is 24.3 Å². The first-order valence-electron chi connectivity index (χ1n) is 7.63. The molecule has 27 heavy (non-hydrogen) atoms. The molecule has 0 spiro atoms. The third kappa shape index (κ3) is 4.18. The summed E-state index contributed by atoms with van der Waals surface area (Å²) in [5, 5.41) is 27.1. The number of carbonyl (C=O) groups excluding carboxylic acids is 1. The highest BCUT2D eigenvalue weighted by molar-refractivity contribution is 6.03. The van der Waals surface area contributed by atoms with Crippen LogP contribution in [0.1, 0.15) is 10.5 Å². The fourth-order valence-electron chi connectivity index (χ4n) is 2.21. The van der Waals surface area contributed by atoms with Gasteiger partial charge in [0.2, 0.25) is 5.75 Å². The summed E-state index contributed by atoms with van der Waals surface area (Å²) in [4.78, 5) is 22.4. The Hall–Kier alpha value is -3.95. The Morgan fingerprint density at radius 3 is 2.81 bits per heavy atom. The van der Waals surface area contributed by atoms with Crippen molar-refractivity contribution in [3.05, 3.63) is 76.4 Å². The Balaban J connectivity index is 1.68. The number of carbonyl (C=O) groups is 1. The average Bonchev–Trinajstić information content (AvgIpc) is 3.11. The van der Waals surface area contributed by atoms with E-state index in [1.54, 1.807) is 12.1 Å². The molecule has 2 N–H and O–H groups in total. The van der Waals surface area contributed by atoms with Gasteiger partial charge in [-0.2, -0.15) is 5.10 Å². The van der Waals surface area contributed by atoms with Gasteiger partial charge in [0.25, 0.3) is 5.91 Å². The van der Waals surface area contributed by atoms with Gasteiger partial charge in [0, 0.05) is 18.3 Å². The van der Waals surface area contributed by atoms with Crippen molar-refractivity contribution in [2.45, 2.75) is 6.73 Å². The van der Waals surface area contributed by atoms with Crippen LogP contribution in [0.25, 0.3) is 0 Å². The lowest BCUT2D eigenvalue weighted by molar-refractivity contribution is -0.386. The highest BCUT2D eigenvalue weighted by atomic mass is 19.1. The van der Waals surface area contributed by atoms with Crippen molar-refractivity contribution in [3.8, 4) is 11.5 Å². The molecule has 3 rings (SSSR count). The second-order valence-corrected chi connectivity index (χ2v) is 5.35. The standard InChI is InChI=1S/C17H13FN4O5/c18-11-5-6-14(22(25)26)16(9-11)27-10-21-8-7-13(20-21)17(24)19-12-3-1-2-4-15(12)23/h1-9,23H,10H2,(H,19,24). The largest absolute Gasteiger partial charge is 0.506 e. The van der Waals surface area contributed by atoms with Gasteiger partial charge < -0.3 is 15.2 Å². The number of aromatic hydroxyl groups is 1. The third-order valence-corrected chi connectivity index (χ3v) is 3.50. The fraction of sp³-hybridized carbons (Fsp3) is 0.0588. The fourth-order valence-corrected chi connectivity index (χ4v) is 2.21. The number of halogens is 1. The molecule has 0 bridgehead atoms. The third-order valence-electron chi connectivity index (χ3n) is 3.50. The zero-order chi connectivity index (χ0) is 19.4. The van der Waals surface area contributed by atoms with Gasteiger partial charge in [-0.15, -0.1) is 0 Å². The normalized spacial score (nSPS) is 10.4. The Morgan fingerprint density at radius 1 is 1.30 bits per heavy atom. The summed E-state index contributed by atoms with van der Waals surface area (Å²) < 4.78 is 19.7. The molecule has 0 radical (unpaired) electrons. The van der Waals surface area contributed by atoms with Gasteiger partial charge in [0.05, 0.1) is 10.6 Å². The average molecular weight is 372 g/mol. The van der Waals surface area contributed by atoms with Crippen LogP contribution >= 0.6 is 0 Å². The van der Waals surface area contributed by atoms with E-state index in [-0.39, 0.29) is 35.3 Å². The van der Waals surface area contributed by atoms with Crippen LogP contribution in [0.5, 0.6) is 11.5 Å². The summed E-state index contributed by atoms with van der Waals surface area (Å²) in [6.07, 6.45) is 1.42. The van der Waals surface area contributed by atoms with Gasteiger partial charge in [-0.3, -0.25) is 14.9 Å². The Morgan fingerprint density at radius 2 is 2.07 bits per heavy atom. The molecule has 1 aromatic heterocycles. The number of rotatable bonds is 6. The van der Waals surface area contributed by atoms with Crippen LogP contribution in [0, 0.1) is 15.9 Å². The molecule has 2 aromatic carbocycles. The number of aromatic nitrogens is 2. The molecular weight excluding hydrogens is 359 g/mol. The molecule has 10 heteroatoms. The van der Waals surface area contributed by atoms with E-state index in [4.69, 9.17) is 4.74 Å². The minimum absolute atomic E-state index is 0.0376. The van der Waals surface area contributed by atoms with Gasteiger partial charge in [0.1, 0.15) is 11.6 Å². The van der Waals surface area contributed by atoms with Crippen molar-refractivity contribution in [1.82, 2.24) is 9.78 Å². The Bertz CT molecular complexity index is 1000. The van der Waals surface area contributed by atoms with Crippen molar-refractivity contribution in [1.29, 1.82) is 0 Å². The number of phenolic OH excluding ortho intramolecular Hbond substituents is 1. The van der Waals surface area contributed by atoms with Gasteiger partial charge >= 0.3 is 5.69 Å². The number of amides is 1. The Kier molecular flexibility index (Phi) is 4.97. The number of phenols is 1. The second-order valence-electron chi connectivity index (χ2n) is 5.35. The van der Waals surface area contributed by atoms with Crippen LogP contribution in [0.4, 0.5) is 15.8 Å². The number of nitrogens with one attached hydrogen (secondary N) is 1. The molecule has 3 aromatic rings. The molecule has 0 aliphatic carbocycles. The maximum atomic E-state index is 13.3. The summed E-state index contributed by atoms with van der Waals surface area (Å²) in [5.74, 6) is -1.59. The molecule has 0 aliphatic heterocycles. The summed E-state index contributed by atoms with van der Waals surface area (Å²) in [5.41, 5.74) is -0.125. The van der Waals surface area contributed by atoms with Crippen LogP contribution in [0.15, 0.2) is 54.7 Å². The number of benzene rings is 2. The minimum atomic E-state index is -0.691. The molecule has 9 nitrogen and oxygen atoms in total. The number of anilines is 1. The van der Waals surface area contributed by atoms with E-state index < -0.39 is 16.6 Å². The van der Waals surface area contributed by atoms with Crippen LogP contribution in [-0.4, -0.2) is 25.7 Å². The molecule has 0 unspecified atom stereocenters. The highest BCUT2D eigenvalue weighted by Crippen LogP contribution is 2.27. The van der Waals surface area contributed by atoms with Crippen LogP contribution in [-0.2, 0) is 6.73 Å². The second kappa shape index (κ2) is 7.52. The first-order chi connectivity index (χ1) is 12.9. The van der Waals surface area contributed by atoms with Crippen molar-refractivity contribution < 1.29 is 24.0 Å². The lowest BCUT2D eigenvalue weighted by Gasteiger charge is -2.07. The van der Waals surface area contributed by atoms with E-state index >= 15 is 0 Å². The van der Waals surface area contributed by atoms with E-state index in [0.29, 0.717) is 0 Å². The molecule has 0 atom stereocenters. The predicted molar refractivity (Wildman–Crippen MR) is 92.0 cm³/mol. The van der Waals surface area contributed by atoms with Crippen LogP contribution in [0.3, 0.4) is 0 Å². The zero-order valence-corrected chi connectivity index (χ0v) is 13.7. The smallest absolute Gasteiger partial charge is 0.311 e. The van der Waals surface area contributed by atoms with Crippen molar-refractivity contribution in [3.63, 3.8) is 0 Å². The number of hydrogen-bond acceptors (Lipinski definition) is 6. The summed E-state index contributed by atoms with van der Waals surface area (Å²) in [7, 11) is 0. The summed E-state index contributed by atoms with van der Waals surface area (Å²) in [6, 6.07) is 10.5. The SMILES string of the molecule is O=C(Nc1ccccc1O)c1ccn(COc2cc(F)ccc2[N+](=O)[O-])n1. The van der Waals surface area contributed by atoms with E-state index in [9.17, 15) is 24.4 Å². The molecule has 1 heterocycles. The first kappa shape index (κ1) is 17.9. The van der Waals surface area contributed by atoms with E-state index in [1.807, 2.05) is 0 Å². The van der Waals surface area contributed by atoms with Crippen molar-refractivity contribution in [2.24, 2.45) is 0 Å².